The third kappa shape index (κ3) is 3.10. The Hall–Kier alpha value is -0.650. The molecule has 2 N–H and O–H groups in total. The van der Waals surface area contributed by atoms with Gasteiger partial charge in [-0.3, -0.25) is 9.69 Å². The fraction of sp³-hybridized carbons (Fsp3) is 0.938. The van der Waals surface area contributed by atoms with E-state index < -0.39 is 0 Å². The van der Waals surface area contributed by atoms with Crippen LogP contribution in [-0.2, 0) is 9.53 Å². The maximum Gasteiger partial charge on any atom is 0.228 e. The van der Waals surface area contributed by atoms with Crippen molar-refractivity contribution in [2.45, 2.75) is 50.6 Å². The Kier molecular flexibility index (Phi) is 4.82. The van der Waals surface area contributed by atoms with Crippen molar-refractivity contribution >= 4 is 5.91 Å². The van der Waals surface area contributed by atoms with Crippen molar-refractivity contribution in [1.82, 2.24) is 15.5 Å². The first-order valence-electron chi connectivity index (χ1n) is 8.50. The Labute approximate surface area is 127 Å². The zero-order chi connectivity index (χ0) is 14.7. The molecule has 5 heteroatoms. The fourth-order valence-electron chi connectivity index (χ4n) is 4.36. The van der Waals surface area contributed by atoms with E-state index in [1.165, 1.54) is 25.8 Å². The van der Waals surface area contributed by atoms with Crippen molar-refractivity contribution in [1.29, 1.82) is 0 Å². The second-order valence-electron chi connectivity index (χ2n) is 6.93. The van der Waals surface area contributed by atoms with Crippen LogP contribution in [0.3, 0.4) is 0 Å². The molecule has 0 saturated carbocycles. The topological polar surface area (TPSA) is 53.6 Å². The number of carbonyl (C=O) groups excluding carboxylic acids is 1. The zero-order valence-corrected chi connectivity index (χ0v) is 13.2. The molecule has 3 fully saturated rings. The molecule has 0 radical (unpaired) electrons. The third-order valence-electron chi connectivity index (χ3n) is 5.64. The quantitative estimate of drug-likeness (QED) is 0.803. The fourth-order valence-corrected chi connectivity index (χ4v) is 4.36. The maximum absolute atomic E-state index is 12.9. The van der Waals surface area contributed by atoms with Crippen LogP contribution in [0.1, 0.15) is 38.5 Å². The minimum atomic E-state index is -0.317. The van der Waals surface area contributed by atoms with Gasteiger partial charge in [-0.25, -0.2) is 0 Å². The Bertz CT molecular complexity index is 363. The number of ether oxygens (including phenoxy) is 1. The second-order valence-corrected chi connectivity index (χ2v) is 6.93. The Morgan fingerprint density at radius 3 is 2.86 bits per heavy atom. The number of hydrogen-bond acceptors (Lipinski definition) is 4. The molecule has 0 aromatic carbocycles. The number of methoxy groups -OCH3 is 1. The molecule has 3 aliphatic heterocycles. The summed E-state index contributed by atoms with van der Waals surface area (Å²) >= 11 is 0. The lowest BCUT2D eigenvalue weighted by Crippen LogP contribution is -2.55. The van der Waals surface area contributed by atoms with Crippen LogP contribution in [0, 0.1) is 5.41 Å². The van der Waals surface area contributed by atoms with Gasteiger partial charge in [0.05, 0.1) is 12.0 Å². The third-order valence-corrected chi connectivity index (χ3v) is 5.64. The van der Waals surface area contributed by atoms with Crippen molar-refractivity contribution in [2.75, 3.05) is 39.9 Å². The van der Waals surface area contributed by atoms with Gasteiger partial charge < -0.3 is 15.4 Å². The zero-order valence-electron chi connectivity index (χ0n) is 13.2. The minimum absolute atomic E-state index is 0.225. The van der Waals surface area contributed by atoms with Gasteiger partial charge in [0.25, 0.3) is 0 Å². The molecule has 3 aliphatic rings. The number of nitrogens with one attached hydrogen (secondary N) is 2. The molecule has 3 heterocycles. The molecular weight excluding hydrogens is 266 g/mol. The summed E-state index contributed by atoms with van der Waals surface area (Å²) in [4.78, 5) is 15.5. The summed E-state index contributed by atoms with van der Waals surface area (Å²) in [5.74, 6) is 0.225. The molecule has 5 nitrogen and oxygen atoms in total. The predicted octanol–water partition coefficient (Wildman–Crippen LogP) is 0.746. The molecule has 2 atom stereocenters. The number of fused-ring (bicyclic) bond motifs is 1. The first-order valence-corrected chi connectivity index (χ1v) is 8.50. The van der Waals surface area contributed by atoms with E-state index in [0.717, 1.165) is 38.9 Å². The Morgan fingerprint density at radius 1 is 1.29 bits per heavy atom. The average molecular weight is 295 g/mol. The molecule has 1 amide bonds. The van der Waals surface area contributed by atoms with Gasteiger partial charge >= 0.3 is 0 Å². The highest BCUT2D eigenvalue weighted by atomic mass is 16.5. The summed E-state index contributed by atoms with van der Waals surface area (Å²) < 4.78 is 5.38. The number of carbonyl (C=O) groups is 1. The van der Waals surface area contributed by atoms with E-state index in [2.05, 4.69) is 15.5 Å². The highest BCUT2D eigenvalue weighted by Crippen LogP contribution is 2.32. The minimum Gasteiger partial charge on any atom is -0.384 e. The van der Waals surface area contributed by atoms with Crippen LogP contribution < -0.4 is 10.6 Å². The molecule has 120 valence electrons. The SMILES string of the molecule is COCC1(C(=O)NC2CCN3CCCCC23)CCNCC1. The van der Waals surface area contributed by atoms with Gasteiger partial charge in [-0.2, -0.15) is 0 Å². The first kappa shape index (κ1) is 15.3. The van der Waals surface area contributed by atoms with Crippen LogP contribution in [0.15, 0.2) is 0 Å². The van der Waals surface area contributed by atoms with E-state index in [1.54, 1.807) is 7.11 Å². The van der Waals surface area contributed by atoms with E-state index in [9.17, 15) is 4.79 Å². The summed E-state index contributed by atoms with van der Waals surface area (Å²) in [6, 6.07) is 0.922. The van der Waals surface area contributed by atoms with Crippen LogP contribution in [0.2, 0.25) is 0 Å². The summed E-state index contributed by atoms with van der Waals surface area (Å²) in [6.45, 7) is 4.73. The standard InChI is InChI=1S/C16H29N3O2/c1-21-12-16(6-8-17-9-7-16)15(20)18-13-5-11-19-10-3-2-4-14(13)19/h13-14,17H,2-12H2,1H3,(H,18,20). The number of nitrogens with zero attached hydrogens (tertiary/aromatic N) is 1. The lowest BCUT2D eigenvalue weighted by molar-refractivity contribution is -0.137. The van der Waals surface area contributed by atoms with Crippen LogP contribution in [0.25, 0.3) is 0 Å². The number of rotatable bonds is 4. The number of hydrogen-bond donors (Lipinski definition) is 2. The van der Waals surface area contributed by atoms with Crippen LogP contribution in [0.4, 0.5) is 0 Å². The molecule has 0 bridgehead atoms. The number of amides is 1. The normalized spacial score (nSPS) is 32.6. The van der Waals surface area contributed by atoms with E-state index >= 15 is 0 Å². The summed E-state index contributed by atoms with van der Waals surface area (Å²) in [7, 11) is 1.70. The number of piperidine rings is 2. The summed E-state index contributed by atoms with van der Waals surface area (Å²) in [5.41, 5.74) is -0.317. The molecule has 0 aromatic heterocycles. The van der Waals surface area contributed by atoms with E-state index in [4.69, 9.17) is 4.74 Å². The lowest BCUT2D eigenvalue weighted by atomic mass is 9.78. The van der Waals surface area contributed by atoms with Crippen LogP contribution in [-0.4, -0.2) is 62.8 Å². The van der Waals surface area contributed by atoms with E-state index in [0.29, 0.717) is 18.7 Å². The molecule has 3 saturated heterocycles. The van der Waals surface area contributed by atoms with Gasteiger partial charge in [0.15, 0.2) is 0 Å². The smallest absolute Gasteiger partial charge is 0.228 e. The summed E-state index contributed by atoms with van der Waals surface area (Å²) in [6.07, 6.45) is 6.74. The second kappa shape index (κ2) is 6.63. The molecule has 0 aromatic rings. The molecule has 21 heavy (non-hydrogen) atoms. The molecule has 0 spiro atoms. The average Bonchev–Trinajstić information content (AvgIpc) is 2.92. The van der Waals surface area contributed by atoms with Crippen molar-refractivity contribution in [3.63, 3.8) is 0 Å². The Morgan fingerprint density at radius 2 is 2.10 bits per heavy atom. The summed E-state index contributed by atoms with van der Waals surface area (Å²) in [5, 5.41) is 6.73. The predicted molar refractivity (Wildman–Crippen MR) is 82.2 cm³/mol. The van der Waals surface area contributed by atoms with Crippen molar-refractivity contribution in [2.24, 2.45) is 5.41 Å². The molecule has 0 aliphatic carbocycles. The van der Waals surface area contributed by atoms with E-state index in [1.807, 2.05) is 0 Å². The van der Waals surface area contributed by atoms with Crippen molar-refractivity contribution in [3.05, 3.63) is 0 Å². The highest BCUT2D eigenvalue weighted by molar-refractivity contribution is 5.83. The maximum atomic E-state index is 12.9. The molecular formula is C16H29N3O2. The lowest BCUT2D eigenvalue weighted by Gasteiger charge is -2.38. The molecule has 2 unspecified atom stereocenters. The molecule has 3 rings (SSSR count). The van der Waals surface area contributed by atoms with Crippen molar-refractivity contribution in [3.8, 4) is 0 Å². The van der Waals surface area contributed by atoms with Gasteiger partial charge in [0, 0.05) is 25.7 Å². The van der Waals surface area contributed by atoms with Gasteiger partial charge in [-0.1, -0.05) is 6.42 Å². The highest BCUT2D eigenvalue weighted by Gasteiger charge is 2.43. The largest absolute Gasteiger partial charge is 0.384 e. The van der Waals surface area contributed by atoms with Gasteiger partial charge in [-0.05, 0) is 51.7 Å². The first-order chi connectivity index (χ1) is 10.2. The monoisotopic (exact) mass is 295 g/mol. The van der Waals surface area contributed by atoms with Gasteiger partial charge in [-0.15, -0.1) is 0 Å². The van der Waals surface area contributed by atoms with Crippen LogP contribution >= 0.6 is 0 Å². The van der Waals surface area contributed by atoms with E-state index in [-0.39, 0.29) is 11.3 Å². The van der Waals surface area contributed by atoms with Gasteiger partial charge in [0.2, 0.25) is 5.91 Å². The van der Waals surface area contributed by atoms with Gasteiger partial charge in [0.1, 0.15) is 0 Å². The van der Waals surface area contributed by atoms with Crippen LogP contribution in [0.5, 0.6) is 0 Å². The van der Waals surface area contributed by atoms with Crippen molar-refractivity contribution < 1.29 is 9.53 Å². The Balaban J connectivity index is 1.64.